The minimum Gasteiger partial charge on any atom is -0.478 e. The van der Waals surface area contributed by atoms with Gasteiger partial charge in [0.05, 0.1) is 26.4 Å². The molecule has 198 valence electrons. The molecule has 4 heterocycles. The van der Waals surface area contributed by atoms with Crippen LogP contribution in [0.5, 0.6) is 0 Å². The summed E-state index contributed by atoms with van der Waals surface area (Å²) in [6.07, 6.45) is 6.41. The van der Waals surface area contributed by atoms with Crippen molar-refractivity contribution in [3.05, 3.63) is 47.6 Å². The molecule has 3 atom stereocenters. The van der Waals surface area contributed by atoms with Gasteiger partial charge in [-0.25, -0.2) is 9.59 Å². The number of nitrogens with one attached hydrogen (secondary N) is 1. The van der Waals surface area contributed by atoms with E-state index in [0.717, 1.165) is 19.5 Å². The van der Waals surface area contributed by atoms with Crippen molar-refractivity contribution in [1.29, 1.82) is 0 Å². The summed E-state index contributed by atoms with van der Waals surface area (Å²) in [6.45, 7) is 4.71. The maximum Gasteiger partial charge on any atom is 0.352 e. The van der Waals surface area contributed by atoms with Crippen LogP contribution in [-0.4, -0.2) is 98.5 Å². The van der Waals surface area contributed by atoms with Crippen molar-refractivity contribution in [1.82, 2.24) is 10.2 Å². The maximum atomic E-state index is 13.1. The van der Waals surface area contributed by atoms with Crippen molar-refractivity contribution in [3.8, 4) is 0 Å². The van der Waals surface area contributed by atoms with E-state index in [9.17, 15) is 29.4 Å². The largest absolute Gasteiger partial charge is 0.478 e. The molecule has 4 rings (SSSR count). The number of amides is 2. The maximum absolute atomic E-state index is 13.1. The van der Waals surface area contributed by atoms with E-state index in [1.807, 2.05) is 0 Å². The second kappa shape index (κ2) is 10.1. The molecule has 1 saturated heterocycles. The summed E-state index contributed by atoms with van der Waals surface area (Å²) in [7, 11) is 2.07. The lowest BCUT2D eigenvalue weighted by molar-refractivity contribution is -0.900. The van der Waals surface area contributed by atoms with Gasteiger partial charge in [0, 0.05) is 17.7 Å². The van der Waals surface area contributed by atoms with Gasteiger partial charge in [-0.05, 0) is 32.1 Å². The predicted octanol–water partition coefficient (Wildman–Crippen LogP) is 1.01. The molecule has 0 saturated carbocycles. The number of likely N-dealkylation sites (N-methyl/N-ethyl adjacent to an activating group) is 1. The Hall–Kier alpha value is -3.58. The second-order valence-electron chi connectivity index (χ2n) is 9.89. The van der Waals surface area contributed by atoms with Crippen LogP contribution in [0.3, 0.4) is 0 Å². The fourth-order valence-electron chi connectivity index (χ4n) is 4.35. The van der Waals surface area contributed by atoms with E-state index in [2.05, 4.69) is 29.7 Å². The topological polar surface area (TPSA) is 159 Å². The minimum absolute atomic E-state index is 0.0135. The van der Waals surface area contributed by atoms with Gasteiger partial charge < -0.3 is 29.3 Å². The fourth-order valence-corrected chi connectivity index (χ4v) is 5.69. The molecule has 1 fully saturated rings. The number of rotatable bonds is 9. The summed E-state index contributed by atoms with van der Waals surface area (Å²) < 4.78 is 5.90. The van der Waals surface area contributed by atoms with Crippen LogP contribution in [0.1, 0.15) is 26.0 Å². The van der Waals surface area contributed by atoms with Gasteiger partial charge in [0.15, 0.2) is 5.76 Å². The molecule has 0 aliphatic carbocycles. The summed E-state index contributed by atoms with van der Waals surface area (Å²) in [5.41, 5.74) is -1.41. The molecule has 1 aromatic heterocycles. The molecule has 0 aromatic carbocycles. The Balaban J connectivity index is 1.53. The monoisotopic (exact) mass is 533 g/mol. The van der Waals surface area contributed by atoms with Crippen molar-refractivity contribution >= 4 is 41.2 Å². The van der Waals surface area contributed by atoms with Gasteiger partial charge in [0.1, 0.15) is 23.7 Å². The average Bonchev–Trinajstić information content (AvgIpc) is 3.36. The molecule has 0 spiro atoms. The molecule has 13 heteroatoms. The third-order valence-corrected chi connectivity index (χ3v) is 7.85. The quantitative estimate of drug-likeness (QED) is 0.138. The van der Waals surface area contributed by atoms with Crippen molar-refractivity contribution in [2.24, 2.45) is 5.16 Å². The second-order valence-corrected chi connectivity index (χ2v) is 11.0. The van der Waals surface area contributed by atoms with Crippen LogP contribution in [0.15, 0.2) is 51.4 Å². The van der Waals surface area contributed by atoms with E-state index in [4.69, 9.17) is 9.25 Å². The Labute approximate surface area is 217 Å². The van der Waals surface area contributed by atoms with E-state index >= 15 is 0 Å². The van der Waals surface area contributed by atoms with E-state index in [1.54, 1.807) is 0 Å². The SMILES string of the molecule is CC(C)(ON=C(C(=O)N[C@@H]1C(=O)N2C(C(=O)O)=C(C[N+]3(C)CC=CCC3)CS[C@H]12)c1ccco1)C(=O)O. The van der Waals surface area contributed by atoms with Crippen LogP contribution in [0.4, 0.5) is 0 Å². The van der Waals surface area contributed by atoms with E-state index in [-0.39, 0.29) is 17.2 Å². The molecule has 2 amide bonds. The first-order valence-electron chi connectivity index (χ1n) is 11.7. The number of hydrogen-bond donors (Lipinski definition) is 3. The number of furan rings is 1. The molecule has 0 radical (unpaired) electrons. The van der Waals surface area contributed by atoms with Crippen LogP contribution in [0, 0.1) is 0 Å². The highest BCUT2D eigenvalue weighted by atomic mass is 32.2. The fraction of sp³-hybridized carbons (Fsp3) is 0.458. The molecule has 0 bridgehead atoms. The Morgan fingerprint density at radius 2 is 2.08 bits per heavy atom. The van der Waals surface area contributed by atoms with Crippen LogP contribution < -0.4 is 5.32 Å². The molecule has 1 aromatic rings. The molecular formula is C24H29N4O8S+. The third kappa shape index (κ3) is 5.27. The van der Waals surface area contributed by atoms with Crippen molar-refractivity contribution in [2.75, 3.05) is 32.4 Å². The molecule has 12 nitrogen and oxygen atoms in total. The summed E-state index contributed by atoms with van der Waals surface area (Å²) >= 11 is 1.38. The molecule has 3 N–H and O–H groups in total. The van der Waals surface area contributed by atoms with Crippen LogP contribution >= 0.6 is 11.8 Å². The van der Waals surface area contributed by atoms with Gasteiger partial charge in [-0.3, -0.25) is 14.5 Å². The van der Waals surface area contributed by atoms with Crippen molar-refractivity contribution in [2.45, 2.75) is 37.3 Å². The lowest BCUT2D eigenvalue weighted by atomic mass is 10.0. The molecule has 37 heavy (non-hydrogen) atoms. The first kappa shape index (κ1) is 26.5. The predicted molar refractivity (Wildman–Crippen MR) is 132 cm³/mol. The van der Waals surface area contributed by atoms with Crippen LogP contribution in [0.2, 0.25) is 0 Å². The number of carboxylic acid groups (broad SMARTS) is 2. The van der Waals surface area contributed by atoms with Gasteiger partial charge in [-0.2, -0.15) is 0 Å². The lowest BCUT2D eigenvalue weighted by Crippen LogP contribution is -2.71. The summed E-state index contributed by atoms with van der Waals surface area (Å²) in [5, 5.41) is 24.9. The molecule has 1 unspecified atom stereocenters. The van der Waals surface area contributed by atoms with Crippen LogP contribution in [-0.2, 0) is 24.0 Å². The lowest BCUT2D eigenvalue weighted by Gasteiger charge is -2.50. The Morgan fingerprint density at radius 3 is 2.68 bits per heavy atom. The number of fused-ring (bicyclic) bond motifs is 1. The standard InChI is InChI=1S/C24H28N4O8S/c1-24(2,23(33)34)36-26-16(15-8-7-11-35-15)19(29)25-17-20(30)27-18(22(31)32)14(13-37-21(17)27)12-28(3)9-5-4-6-10-28/h4-5,7-8,11,17,21H,6,9-10,12-13H2,1-3H3,(H2-,25,29,31,32,33,34)/p+1/t17-,21-,28?/m1/s1. The van der Waals surface area contributed by atoms with Gasteiger partial charge in [-0.1, -0.05) is 11.2 Å². The number of thioether (sulfide) groups is 1. The number of quaternary nitrogens is 1. The van der Waals surface area contributed by atoms with Gasteiger partial charge in [-0.15, -0.1) is 11.8 Å². The van der Waals surface area contributed by atoms with Gasteiger partial charge in [0.2, 0.25) is 11.3 Å². The normalized spacial score (nSPS) is 25.9. The first-order chi connectivity index (χ1) is 17.4. The average molecular weight is 534 g/mol. The number of β-lactam (4-membered cyclic amide) rings is 1. The zero-order valence-corrected chi connectivity index (χ0v) is 21.5. The highest BCUT2D eigenvalue weighted by Crippen LogP contribution is 2.41. The number of nitrogens with zero attached hydrogens (tertiary/aromatic N) is 3. The minimum atomic E-state index is -1.72. The highest BCUT2D eigenvalue weighted by Gasteiger charge is 2.55. The van der Waals surface area contributed by atoms with Crippen molar-refractivity contribution < 1.29 is 43.1 Å². The van der Waals surface area contributed by atoms with Gasteiger partial charge >= 0.3 is 11.9 Å². The van der Waals surface area contributed by atoms with Crippen LogP contribution in [0.25, 0.3) is 0 Å². The summed E-state index contributed by atoms with van der Waals surface area (Å²) in [4.78, 5) is 56.1. The molecule has 3 aliphatic rings. The number of carbonyl (C=O) groups excluding carboxylic acids is 2. The Morgan fingerprint density at radius 1 is 1.32 bits per heavy atom. The first-order valence-corrected chi connectivity index (χ1v) is 12.7. The zero-order chi connectivity index (χ0) is 27.0. The number of oxime groups is 1. The number of carboxylic acids is 2. The van der Waals surface area contributed by atoms with Crippen molar-refractivity contribution in [3.63, 3.8) is 0 Å². The highest BCUT2D eigenvalue weighted by molar-refractivity contribution is 8.00. The van der Waals surface area contributed by atoms with E-state index in [1.165, 1.54) is 48.9 Å². The number of carbonyl (C=O) groups is 4. The van der Waals surface area contributed by atoms with E-state index in [0.29, 0.717) is 22.4 Å². The number of hydrogen-bond acceptors (Lipinski definition) is 8. The smallest absolute Gasteiger partial charge is 0.352 e. The zero-order valence-electron chi connectivity index (χ0n) is 20.7. The number of aliphatic carboxylic acids is 2. The van der Waals surface area contributed by atoms with Gasteiger partial charge in [0.25, 0.3) is 11.8 Å². The van der Waals surface area contributed by atoms with E-state index < -0.39 is 40.8 Å². The molecule has 3 aliphatic heterocycles. The Kier molecular flexibility index (Phi) is 7.20. The molecular weight excluding hydrogens is 504 g/mol. The third-order valence-electron chi connectivity index (χ3n) is 6.51. The summed E-state index contributed by atoms with van der Waals surface area (Å²) in [6, 6.07) is 1.96. The Bertz CT molecular complexity index is 1210. The summed E-state index contributed by atoms with van der Waals surface area (Å²) in [5.74, 6) is -3.42.